The molecule has 0 unspecified atom stereocenters. The van der Waals surface area contributed by atoms with Crippen LogP contribution < -0.4 is 4.74 Å². The fraction of sp³-hybridized carbons (Fsp3) is 0.294. The van der Waals surface area contributed by atoms with Gasteiger partial charge >= 0.3 is 0 Å². The first-order valence-corrected chi connectivity index (χ1v) is 9.83. The van der Waals surface area contributed by atoms with Crippen molar-refractivity contribution in [3.05, 3.63) is 58.6 Å². The second-order valence-electron chi connectivity index (χ2n) is 5.61. The zero-order valence-corrected chi connectivity index (χ0v) is 15.2. The molecule has 0 aromatic heterocycles. The molecule has 1 aliphatic rings. The van der Waals surface area contributed by atoms with Gasteiger partial charge in [0.15, 0.2) is 0 Å². The molecule has 3 rings (SSSR count). The van der Waals surface area contributed by atoms with Crippen LogP contribution in [0.4, 0.5) is 0 Å². The maximum Gasteiger partial charge on any atom is 0.243 e. The zero-order valence-electron chi connectivity index (χ0n) is 12.9. The second kappa shape index (κ2) is 7.31. The number of hydrogen-bond donors (Lipinski definition) is 0. The Morgan fingerprint density at radius 2 is 1.62 bits per heavy atom. The molecule has 4 nitrogen and oxygen atoms in total. The number of piperidine rings is 1. The average Bonchev–Trinajstić information content (AvgIpc) is 2.58. The van der Waals surface area contributed by atoms with E-state index in [1.807, 2.05) is 30.3 Å². The third-order valence-corrected chi connectivity index (χ3v) is 6.61. The summed E-state index contributed by atoms with van der Waals surface area (Å²) in [6, 6.07) is 13.9. The van der Waals surface area contributed by atoms with E-state index in [4.69, 9.17) is 27.9 Å². The van der Waals surface area contributed by atoms with E-state index in [-0.39, 0.29) is 16.0 Å². The predicted molar refractivity (Wildman–Crippen MR) is 95.3 cm³/mol. The van der Waals surface area contributed by atoms with Crippen LogP contribution in [0.2, 0.25) is 10.0 Å². The molecule has 7 heteroatoms. The van der Waals surface area contributed by atoms with Crippen LogP contribution in [-0.2, 0) is 10.0 Å². The molecule has 0 atom stereocenters. The first kappa shape index (κ1) is 17.5. The summed E-state index contributed by atoms with van der Waals surface area (Å²) in [5, 5.41) is 0.575. The lowest BCUT2D eigenvalue weighted by Crippen LogP contribution is -2.41. The van der Waals surface area contributed by atoms with Gasteiger partial charge in [-0.1, -0.05) is 41.4 Å². The summed E-state index contributed by atoms with van der Waals surface area (Å²) >= 11 is 11.8. The van der Waals surface area contributed by atoms with E-state index in [0.717, 1.165) is 5.75 Å². The van der Waals surface area contributed by atoms with Crippen LogP contribution in [0.1, 0.15) is 12.8 Å². The van der Waals surface area contributed by atoms with Crippen LogP contribution >= 0.6 is 23.2 Å². The van der Waals surface area contributed by atoms with Crippen LogP contribution in [0.15, 0.2) is 53.4 Å². The molecule has 0 spiro atoms. The highest BCUT2D eigenvalue weighted by Gasteiger charge is 2.30. The standard InChI is InChI=1S/C17H17Cl2NO3S/c18-16-7-6-15(12-17(16)19)24(21,22)20-10-8-14(9-11-20)23-13-4-2-1-3-5-13/h1-7,12,14H,8-11H2. The summed E-state index contributed by atoms with van der Waals surface area (Å²) in [6.45, 7) is 0.833. The van der Waals surface area contributed by atoms with Crippen LogP contribution in [0.5, 0.6) is 5.75 Å². The number of halogens is 2. The highest BCUT2D eigenvalue weighted by molar-refractivity contribution is 7.89. The topological polar surface area (TPSA) is 46.6 Å². The Kier molecular flexibility index (Phi) is 5.35. The summed E-state index contributed by atoms with van der Waals surface area (Å²) in [5.41, 5.74) is 0. The second-order valence-corrected chi connectivity index (χ2v) is 8.36. The van der Waals surface area contributed by atoms with Gasteiger partial charge in [0.25, 0.3) is 0 Å². The van der Waals surface area contributed by atoms with Gasteiger partial charge in [-0.05, 0) is 43.2 Å². The minimum absolute atomic E-state index is 0.0210. The lowest BCUT2D eigenvalue weighted by molar-refractivity contribution is 0.135. The SMILES string of the molecule is O=S(=O)(c1ccc(Cl)c(Cl)c1)N1CCC(Oc2ccccc2)CC1. The van der Waals surface area contributed by atoms with Gasteiger partial charge in [-0.25, -0.2) is 8.42 Å². The maximum atomic E-state index is 12.7. The van der Waals surface area contributed by atoms with Gasteiger partial charge in [0, 0.05) is 13.1 Å². The first-order chi connectivity index (χ1) is 11.5. The number of hydrogen-bond acceptors (Lipinski definition) is 3. The summed E-state index contributed by atoms with van der Waals surface area (Å²) in [7, 11) is -3.56. The Morgan fingerprint density at radius 1 is 0.958 bits per heavy atom. The van der Waals surface area contributed by atoms with E-state index < -0.39 is 10.0 Å². The highest BCUT2D eigenvalue weighted by atomic mass is 35.5. The van der Waals surface area contributed by atoms with Crippen molar-refractivity contribution >= 4 is 33.2 Å². The van der Waals surface area contributed by atoms with Gasteiger partial charge in [-0.3, -0.25) is 0 Å². The minimum Gasteiger partial charge on any atom is -0.490 e. The third-order valence-electron chi connectivity index (χ3n) is 3.98. The predicted octanol–water partition coefficient (Wildman–Crippen LogP) is 4.23. The Morgan fingerprint density at radius 3 is 2.25 bits per heavy atom. The summed E-state index contributed by atoms with van der Waals surface area (Å²) in [6.07, 6.45) is 1.32. The van der Waals surface area contributed by atoms with Crippen LogP contribution in [0.25, 0.3) is 0 Å². The summed E-state index contributed by atoms with van der Waals surface area (Å²) < 4.78 is 32.8. The number of benzene rings is 2. The molecule has 0 bridgehead atoms. The van der Waals surface area contributed by atoms with E-state index in [1.165, 1.54) is 22.5 Å². The number of para-hydroxylation sites is 1. The molecule has 0 amide bonds. The van der Waals surface area contributed by atoms with E-state index in [9.17, 15) is 8.42 Å². The Hall–Kier alpha value is -1.27. The molecule has 2 aromatic rings. The number of sulfonamides is 1. The van der Waals surface area contributed by atoms with Gasteiger partial charge in [0.1, 0.15) is 11.9 Å². The Labute approximate surface area is 152 Å². The fourth-order valence-corrected chi connectivity index (χ4v) is 4.53. The summed E-state index contributed by atoms with van der Waals surface area (Å²) in [5.74, 6) is 0.809. The molecule has 24 heavy (non-hydrogen) atoms. The molecule has 1 aliphatic heterocycles. The smallest absolute Gasteiger partial charge is 0.243 e. The van der Waals surface area contributed by atoms with Crippen LogP contribution in [0.3, 0.4) is 0 Å². The molecule has 0 aliphatic carbocycles. The molecule has 0 N–H and O–H groups in total. The van der Waals surface area contributed by atoms with Crippen molar-refractivity contribution in [3.63, 3.8) is 0 Å². The number of nitrogens with zero attached hydrogens (tertiary/aromatic N) is 1. The minimum atomic E-state index is -3.56. The molecule has 1 fully saturated rings. The van der Waals surface area contributed by atoms with Gasteiger partial charge < -0.3 is 4.74 Å². The van der Waals surface area contributed by atoms with Crippen LogP contribution in [-0.4, -0.2) is 31.9 Å². The molecule has 1 saturated heterocycles. The van der Waals surface area contributed by atoms with Gasteiger partial charge in [-0.15, -0.1) is 0 Å². The van der Waals surface area contributed by atoms with Crippen molar-refractivity contribution in [1.29, 1.82) is 0 Å². The van der Waals surface area contributed by atoms with E-state index >= 15 is 0 Å². The van der Waals surface area contributed by atoms with Crippen molar-refractivity contribution in [1.82, 2.24) is 4.31 Å². The Bertz CT molecular complexity index is 804. The van der Waals surface area contributed by atoms with E-state index in [0.29, 0.717) is 31.0 Å². The van der Waals surface area contributed by atoms with Gasteiger partial charge in [-0.2, -0.15) is 4.31 Å². The molecular formula is C17H17Cl2NO3S. The van der Waals surface area contributed by atoms with Crippen molar-refractivity contribution in [2.75, 3.05) is 13.1 Å². The van der Waals surface area contributed by atoms with E-state index in [1.54, 1.807) is 0 Å². The van der Waals surface area contributed by atoms with Crippen LogP contribution in [0, 0.1) is 0 Å². The largest absolute Gasteiger partial charge is 0.490 e. The molecular weight excluding hydrogens is 369 g/mol. The molecule has 128 valence electrons. The molecule has 2 aromatic carbocycles. The average molecular weight is 386 g/mol. The summed E-state index contributed by atoms with van der Waals surface area (Å²) in [4.78, 5) is 0.166. The number of rotatable bonds is 4. The van der Waals surface area contributed by atoms with Crippen molar-refractivity contribution in [2.24, 2.45) is 0 Å². The monoisotopic (exact) mass is 385 g/mol. The quantitative estimate of drug-likeness (QED) is 0.790. The van der Waals surface area contributed by atoms with Gasteiger partial charge in [0.2, 0.25) is 10.0 Å². The molecule has 0 saturated carbocycles. The first-order valence-electron chi connectivity index (χ1n) is 7.64. The van der Waals surface area contributed by atoms with Gasteiger partial charge in [0.05, 0.1) is 14.9 Å². The fourth-order valence-electron chi connectivity index (χ4n) is 2.67. The Balaban J connectivity index is 1.66. The van der Waals surface area contributed by atoms with Crippen molar-refractivity contribution < 1.29 is 13.2 Å². The van der Waals surface area contributed by atoms with E-state index in [2.05, 4.69) is 0 Å². The maximum absolute atomic E-state index is 12.7. The molecule has 1 heterocycles. The highest BCUT2D eigenvalue weighted by Crippen LogP contribution is 2.28. The van der Waals surface area contributed by atoms with Crippen molar-refractivity contribution in [2.45, 2.75) is 23.8 Å². The molecule has 0 radical (unpaired) electrons. The zero-order chi connectivity index (χ0) is 17.2. The van der Waals surface area contributed by atoms with Crippen molar-refractivity contribution in [3.8, 4) is 5.75 Å². The normalized spacial score (nSPS) is 16.9. The lowest BCUT2D eigenvalue weighted by atomic mass is 10.1. The number of ether oxygens (including phenoxy) is 1. The third kappa shape index (κ3) is 3.86. The lowest BCUT2D eigenvalue weighted by Gasteiger charge is -2.31.